The van der Waals surface area contributed by atoms with Crippen LogP contribution in [0.1, 0.15) is 113 Å². The van der Waals surface area contributed by atoms with Crippen LogP contribution in [0.15, 0.2) is 84.9 Å². The van der Waals surface area contributed by atoms with E-state index in [0.717, 1.165) is 36.0 Å². The summed E-state index contributed by atoms with van der Waals surface area (Å²) in [4.78, 5) is 82.7. The quantitative estimate of drug-likeness (QED) is 0.0676. The van der Waals surface area contributed by atoms with E-state index in [1.54, 1.807) is 25.1 Å². The van der Waals surface area contributed by atoms with Gasteiger partial charge in [0.15, 0.2) is 11.6 Å². The van der Waals surface area contributed by atoms with Crippen LogP contribution < -0.4 is 11.1 Å². The van der Waals surface area contributed by atoms with Gasteiger partial charge >= 0.3 is 0 Å². The Kier molecular flexibility index (Phi) is 17.5. The number of hydrogen-bond donors (Lipinski definition) is 4. The molecule has 5 N–H and O–H groups in total. The summed E-state index contributed by atoms with van der Waals surface area (Å²) >= 11 is 0. The fourth-order valence-electron chi connectivity index (χ4n) is 8.34. The summed E-state index contributed by atoms with van der Waals surface area (Å²) in [5.74, 6) is -3.83. The Balaban J connectivity index is 1.29. The predicted molar refractivity (Wildman–Crippen MR) is 245 cm³/mol. The van der Waals surface area contributed by atoms with Crippen molar-refractivity contribution in [3.8, 4) is 33.8 Å². The van der Waals surface area contributed by atoms with Gasteiger partial charge < -0.3 is 26.2 Å². The molecule has 0 aromatic heterocycles. The van der Waals surface area contributed by atoms with Crippen molar-refractivity contribution in [2.45, 2.75) is 116 Å². The Labute approximate surface area is 371 Å². The summed E-state index contributed by atoms with van der Waals surface area (Å²) in [6.45, 7) is 5.53. The zero-order valence-corrected chi connectivity index (χ0v) is 37.2. The summed E-state index contributed by atoms with van der Waals surface area (Å²) in [6.07, 6.45) is 5.63. The van der Waals surface area contributed by atoms with E-state index in [4.69, 9.17) is 5.73 Å². The maximum Gasteiger partial charge on any atom is 0.226 e. The van der Waals surface area contributed by atoms with Gasteiger partial charge in [-0.2, -0.15) is 0 Å². The van der Waals surface area contributed by atoms with Crippen molar-refractivity contribution in [1.29, 1.82) is 0 Å². The third-order valence-electron chi connectivity index (χ3n) is 12.1. The van der Waals surface area contributed by atoms with Gasteiger partial charge in [0.2, 0.25) is 11.8 Å². The number of hydrogen-bond acceptors (Lipinski definition) is 9. The molecule has 5 rings (SSSR count). The minimum absolute atomic E-state index is 0.0199. The summed E-state index contributed by atoms with van der Waals surface area (Å²) in [5, 5.41) is 24.7. The van der Waals surface area contributed by atoms with Crippen LogP contribution in [0.25, 0.3) is 22.3 Å². The van der Waals surface area contributed by atoms with Crippen molar-refractivity contribution in [1.82, 2.24) is 10.2 Å². The minimum atomic E-state index is -1.22. The van der Waals surface area contributed by atoms with Gasteiger partial charge in [-0.3, -0.25) is 28.8 Å². The zero-order chi connectivity index (χ0) is 45.6. The second-order valence-corrected chi connectivity index (χ2v) is 17.2. The molecule has 2 amide bonds. The molecule has 4 bridgehead atoms. The van der Waals surface area contributed by atoms with E-state index in [0.29, 0.717) is 43.4 Å². The molecule has 4 aromatic carbocycles. The number of aromatic hydroxyl groups is 2. The summed E-state index contributed by atoms with van der Waals surface area (Å²) < 4.78 is 0. The molecule has 1 aliphatic heterocycles. The van der Waals surface area contributed by atoms with Gasteiger partial charge in [0.05, 0.1) is 6.04 Å². The van der Waals surface area contributed by atoms with Gasteiger partial charge in [-0.1, -0.05) is 87.4 Å². The van der Waals surface area contributed by atoms with Crippen LogP contribution >= 0.6 is 0 Å². The number of nitrogens with zero attached hydrogens (tertiary/aromatic N) is 1. The Hall–Kier alpha value is -5.94. The number of aryl methyl sites for hydroxylation is 1. The molecule has 4 aromatic rings. The highest BCUT2D eigenvalue weighted by Crippen LogP contribution is 2.39. The summed E-state index contributed by atoms with van der Waals surface area (Å²) in [5.41, 5.74) is 11.6. The van der Waals surface area contributed by atoms with Crippen LogP contribution in [0.2, 0.25) is 0 Å². The van der Waals surface area contributed by atoms with Gasteiger partial charge in [0.25, 0.3) is 0 Å². The number of rotatable bonds is 19. The van der Waals surface area contributed by atoms with Crippen molar-refractivity contribution in [3.05, 3.63) is 107 Å². The van der Waals surface area contributed by atoms with Crippen molar-refractivity contribution < 1.29 is 39.0 Å². The lowest BCUT2D eigenvalue weighted by Crippen LogP contribution is -2.45. The molecular weight excluding hydrogens is 795 g/mol. The lowest BCUT2D eigenvalue weighted by Gasteiger charge is -2.32. The first-order chi connectivity index (χ1) is 30.2. The van der Waals surface area contributed by atoms with Gasteiger partial charge in [-0.25, -0.2) is 0 Å². The molecule has 0 unspecified atom stereocenters. The maximum atomic E-state index is 14.5. The molecule has 0 spiro atoms. The lowest BCUT2D eigenvalue weighted by molar-refractivity contribution is -0.144. The topological polar surface area (TPSA) is 184 Å². The third kappa shape index (κ3) is 13.3. The van der Waals surface area contributed by atoms with E-state index in [1.165, 1.54) is 42.6 Å². The summed E-state index contributed by atoms with van der Waals surface area (Å²) in [7, 11) is 1.49. The number of amides is 2. The van der Waals surface area contributed by atoms with Gasteiger partial charge in [-0.05, 0) is 110 Å². The lowest BCUT2D eigenvalue weighted by atomic mass is 9.88. The van der Waals surface area contributed by atoms with E-state index < -0.39 is 41.5 Å². The molecule has 0 fully saturated rings. The van der Waals surface area contributed by atoms with Crippen LogP contribution in [-0.2, 0) is 48.0 Å². The van der Waals surface area contributed by atoms with Crippen molar-refractivity contribution in [3.63, 3.8) is 0 Å². The standard InChI is InChI=1S/C52H63N3O8/c1-5-6-10-35-14-19-38(20-15-35)39-21-16-36(17-22-39)28-42(57)12-9-13-43(58)31-41(11-7-8-26-53)52(63)55(4)50-40-23-25-48(60)45(32-40)44-29-37(18-24-47(44)59)30-46(34(3)56)54-51(62)33(2)27-49(50)61/h14-25,29,32-33,41,46,50,59-60H,5-13,26-28,30-31,53H2,1-4H3,(H,54,62)/t33-,41-,46+,50+/m1/s1. The van der Waals surface area contributed by atoms with Gasteiger partial charge in [0.1, 0.15) is 29.1 Å². The Morgan fingerprint density at radius 2 is 1.40 bits per heavy atom. The average molecular weight is 858 g/mol. The van der Waals surface area contributed by atoms with Gasteiger partial charge in [-0.15, -0.1) is 0 Å². The van der Waals surface area contributed by atoms with Crippen LogP contribution in [0.5, 0.6) is 11.5 Å². The Morgan fingerprint density at radius 3 is 2.03 bits per heavy atom. The Bertz CT molecular complexity index is 2250. The van der Waals surface area contributed by atoms with E-state index >= 15 is 0 Å². The second kappa shape index (κ2) is 22.9. The number of unbranched alkanes of at least 4 members (excludes halogenated alkanes) is 2. The maximum absolute atomic E-state index is 14.5. The monoisotopic (exact) mass is 857 g/mol. The SMILES string of the molecule is CCCCc1ccc(-c2ccc(CC(=O)CCCC(=O)C[C@@H](CCCCN)C(=O)N(C)[C@@H]3C(=O)C[C@@H](C)C(=O)N[C@H](C(C)=O)Cc4ccc(O)c(c4)-c4cc3ccc4O)cc2)cc1. The van der Waals surface area contributed by atoms with Crippen molar-refractivity contribution in [2.24, 2.45) is 17.6 Å². The molecule has 1 heterocycles. The van der Waals surface area contributed by atoms with Crippen molar-refractivity contribution >= 4 is 34.9 Å². The van der Waals surface area contributed by atoms with Crippen LogP contribution in [0.3, 0.4) is 0 Å². The van der Waals surface area contributed by atoms with E-state index in [1.807, 2.05) is 24.3 Å². The number of likely N-dealkylation sites (N-methyl/N-ethyl adjacent to an activating group) is 1. The number of phenolic OH excluding ortho intramolecular Hbond substituents is 2. The molecular formula is C52H63N3O8. The fourth-order valence-corrected chi connectivity index (χ4v) is 8.34. The molecule has 63 heavy (non-hydrogen) atoms. The van der Waals surface area contributed by atoms with Crippen LogP contribution in [0, 0.1) is 11.8 Å². The number of nitrogens with one attached hydrogen (secondary N) is 1. The first kappa shape index (κ1) is 48.1. The van der Waals surface area contributed by atoms with Crippen LogP contribution in [0.4, 0.5) is 0 Å². The number of carbonyl (C=O) groups is 6. The van der Waals surface area contributed by atoms with Crippen molar-refractivity contribution in [2.75, 3.05) is 13.6 Å². The molecule has 0 saturated carbocycles. The molecule has 0 radical (unpaired) electrons. The number of fused-ring (bicyclic) bond motifs is 5. The smallest absolute Gasteiger partial charge is 0.226 e. The molecule has 1 aliphatic rings. The minimum Gasteiger partial charge on any atom is -0.507 e. The number of ketones is 4. The molecule has 11 heteroatoms. The fraction of sp³-hybridized carbons (Fsp3) is 0.423. The first-order valence-electron chi connectivity index (χ1n) is 22.4. The second-order valence-electron chi connectivity index (χ2n) is 17.2. The molecule has 4 atom stereocenters. The molecule has 11 nitrogen and oxygen atoms in total. The third-order valence-corrected chi connectivity index (χ3v) is 12.1. The van der Waals surface area contributed by atoms with E-state index in [-0.39, 0.29) is 78.5 Å². The van der Waals surface area contributed by atoms with Gasteiger partial charge in [0, 0.05) is 62.1 Å². The Morgan fingerprint density at radius 1 is 0.778 bits per heavy atom. The largest absolute Gasteiger partial charge is 0.507 e. The highest BCUT2D eigenvalue weighted by molar-refractivity contribution is 5.96. The number of carbonyl (C=O) groups excluding carboxylic acids is 6. The molecule has 0 aliphatic carbocycles. The van der Waals surface area contributed by atoms with E-state index in [9.17, 15) is 39.0 Å². The highest BCUT2D eigenvalue weighted by atomic mass is 16.3. The number of phenols is 2. The molecule has 334 valence electrons. The normalized spacial score (nSPS) is 17.0. The predicted octanol–water partition coefficient (Wildman–Crippen LogP) is 8.19. The molecule has 0 saturated heterocycles. The van der Waals surface area contributed by atoms with Crippen LogP contribution in [-0.4, -0.2) is 69.7 Å². The number of nitrogens with two attached hydrogens (primary N) is 1. The number of benzene rings is 4. The first-order valence-corrected chi connectivity index (χ1v) is 22.4. The average Bonchev–Trinajstić information content (AvgIpc) is 3.26. The summed E-state index contributed by atoms with van der Waals surface area (Å²) in [6, 6.07) is 23.6. The zero-order valence-electron chi connectivity index (χ0n) is 37.2. The van der Waals surface area contributed by atoms with E-state index in [2.05, 4.69) is 36.5 Å². The highest BCUT2D eigenvalue weighted by Gasteiger charge is 2.35. The number of Topliss-reactive ketones (excluding diaryl/α,β-unsaturated/α-hetero) is 4.